The molecule has 0 aliphatic rings. The zero-order chi connectivity index (χ0) is 17.7. The predicted molar refractivity (Wildman–Crippen MR) is 88.1 cm³/mol. The third kappa shape index (κ3) is 4.34. The Morgan fingerprint density at radius 1 is 1.26 bits per heavy atom. The number of esters is 1. The lowest BCUT2D eigenvalue weighted by atomic mass is 10.1. The SMILES string of the molecule is CCOC(=O)c1[nH]c(C)c(C(=O)CN(CC)C(=O)C(C)Cl)c1C. The molecule has 23 heavy (non-hydrogen) atoms. The second-order valence-electron chi connectivity index (χ2n) is 5.24. The summed E-state index contributed by atoms with van der Waals surface area (Å²) in [5.74, 6) is -1.02. The van der Waals surface area contributed by atoms with E-state index in [4.69, 9.17) is 16.3 Å². The number of Topliss-reactive ketones (excluding diaryl/α,β-unsaturated/α-hetero) is 1. The number of hydrogen-bond acceptors (Lipinski definition) is 4. The largest absolute Gasteiger partial charge is 0.461 e. The number of aromatic amines is 1. The number of ketones is 1. The number of carbonyl (C=O) groups is 3. The highest BCUT2D eigenvalue weighted by atomic mass is 35.5. The molecule has 0 aromatic carbocycles. The van der Waals surface area contributed by atoms with Crippen LogP contribution in [0.3, 0.4) is 0 Å². The highest BCUT2D eigenvalue weighted by molar-refractivity contribution is 6.30. The molecule has 0 spiro atoms. The van der Waals surface area contributed by atoms with Crippen molar-refractivity contribution in [1.82, 2.24) is 9.88 Å². The van der Waals surface area contributed by atoms with Crippen molar-refractivity contribution in [2.75, 3.05) is 19.7 Å². The number of nitrogens with zero attached hydrogens (tertiary/aromatic N) is 1. The van der Waals surface area contributed by atoms with Crippen LogP contribution in [0.2, 0.25) is 0 Å². The molecule has 1 N–H and O–H groups in total. The van der Waals surface area contributed by atoms with E-state index in [-0.39, 0.29) is 30.5 Å². The Hall–Kier alpha value is -1.82. The molecule has 0 saturated carbocycles. The lowest BCUT2D eigenvalue weighted by Gasteiger charge is -2.21. The lowest BCUT2D eigenvalue weighted by molar-refractivity contribution is -0.129. The second-order valence-corrected chi connectivity index (χ2v) is 5.89. The first-order chi connectivity index (χ1) is 10.7. The first-order valence-corrected chi connectivity index (χ1v) is 8.00. The first kappa shape index (κ1) is 19.2. The van der Waals surface area contributed by atoms with Crippen LogP contribution in [0.25, 0.3) is 0 Å². The van der Waals surface area contributed by atoms with E-state index in [9.17, 15) is 14.4 Å². The van der Waals surface area contributed by atoms with Gasteiger partial charge >= 0.3 is 5.97 Å². The number of carbonyl (C=O) groups excluding carboxylic acids is 3. The molecule has 0 radical (unpaired) electrons. The molecule has 1 unspecified atom stereocenters. The standard InChI is InChI=1S/C16H23ClN2O4/c1-6-19(15(21)10(4)17)8-12(20)13-9(3)14(18-11(13)5)16(22)23-7-2/h10,18H,6-8H2,1-5H3. The molecule has 1 aromatic heterocycles. The Kier molecular flexibility index (Phi) is 6.81. The van der Waals surface area contributed by atoms with Crippen LogP contribution in [0.1, 0.15) is 52.9 Å². The summed E-state index contributed by atoms with van der Waals surface area (Å²) in [4.78, 5) is 40.7. The van der Waals surface area contributed by atoms with Crippen LogP contribution in [0.15, 0.2) is 0 Å². The van der Waals surface area contributed by atoms with Gasteiger partial charge in [-0.25, -0.2) is 4.79 Å². The molecule has 0 saturated heterocycles. The van der Waals surface area contributed by atoms with Gasteiger partial charge in [0.2, 0.25) is 5.91 Å². The summed E-state index contributed by atoms with van der Waals surface area (Å²) < 4.78 is 4.97. The van der Waals surface area contributed by atoms with Gasteiger partial charge in [0.05, 0.1) is 13.2 Å². The van der Waals surface area contributed by atoms with Crippen molar-refractivity contribution in [1.29, 1.82) is 0 Å². The summed E-state index contributed by atoms with van der Waals surface area (Å²) in [6, 6.07) is 0. The molecule has 6 nitrogen and oxygen atoms in total. The number of H-pyrrole nitrogens is 1. The molecule has 1 rings (SSSR count). The molecule has 1 aromatic rings. The van der Waals surface area contributed by atoms with Gasteiger partial charge in [0, 0.05) is 17.8 Å². The minimum absolute atomic E-state index is 0.0752. The average Bonchev–Trinajstić information content (AvgIpc) is 2.79. The molecule has 128 valence electrons. The van der Waals surface area contributed by atoms with E-state index >= 15 is 0 Å². The van der Waals surface area contributed by atoms with Crippen LogP contribution in [0.5, 0.6) is 0 Å². The third-order valence-electron chi connectivity index (χ3n) is 3.56. The maximum atomic E-state index is 12.6. The summed E-state index contributed by atoms with van der Waals surface area (Å²) in [5.41, 5.74) is 1.81. The van der Waals surface area contributed by atoms with E-state index in [2.05, 4.69) is 4.98 Å². The van der Waals surface area contributed by atoms with Gasteiger partial charge in [0.15, 0.2) is 5.78 Å². The Bertz CT molecular complexity index is 607. The van der Waals surface area contributed by atoms with Gasteiger partial charge in [-0.1, -0.05) is 0 Å². The van der Waals surface area contributed by atoms with Crippen molar-refractivity contribution >= 4 is 29.3 Å². The highest BCUT2D eigenvalue weighted by Gasteiger charge is 2.26. The van der Waals surface area contributed by atoms with Crippen molar-refractivity contribution in [3.8, 4) is 0 Å². The Balaban J connectivity index is 3.05. The van der Waals surface area contributed by atoms with Crippen molar-refractivity contribution < 1.29 is 19.1 Å². The zero-order valence-corrected chi connectivity index (χ0v) is 14.9. The number of rotatable bonds is 7. The monoisotopic (exact) mass is 342 g/mol. The van der Waals surface area contributed by atoms with Gasteiger partial charge in [-0.2, -0.15) is 0 Å². The molecule has 1 heterocycles. The van der Waals surface area contributed by atoms with Gasteiger partial charge in [-0.3, -0.25) is 9.59 Å². The van der Waals surface area contributed by atoms with E-state index in [0.29, 0.717) is 23.4 Å². The first-order valence-electron chi connectivity index (χ1n) is 7.56. The Morgan fingerprint density at radius 2 is 1.87 bits per heavy atom. The smallest absolute Gasteiger partial charge is 0.355 e. The zero-order valence-electron chi connectivity index (χ0n) is 14.2. The molecule has 0 bridgehead atoms. The maximum absolute atomic E-state index is 12.6. The second kappa shape index (κ2) is 8.15. The van der Waals surface area contributed by atoms with Crippen molar-refractivity contribution in [2.45, 2.75) is 40.0 Å². The van der Waals surface area contributed by atoms with Gasteiger partial charge in [0.25, 0.3) is 0 Å². The molecule has 0 aliphatic carbocycles. The molecular weight excluding hydrogens is 320 g/mol. The molecule has 0 aliphatic heterocycles. The highest BCUT2D eigenvalue weighted by Crippen LogP contribution is 2.20. The van der Waals surface area contributed by atoms with E-state index in [1.165, 1.54) is 4.90 Å². The molecular formula is C16H23ClN2O4. The molecule has 0 fully saturated rings. The van der Waals surface area contributed by atoms with Crippen LogP contribution >= 0.6 is 11.6 Å². The summed E-state index contributed by atoms with van der Waals surface area (Å²) >= 11 is 5.80. The molecule has 7 heteroatoms. The fourth-order valence-corrected chi connectivity index (χ4v) is 2.56. The molecule has 1 atom stereocenters. The number of likely N-dealkylation sites (N-methyl/N-ethyl adjacent to an activating group) is 1. The van der Waals surface area contributed by atoms with Crippen molar-refractivity contribution in [2.24, 2.45) is 0 Å². The van der Waals surface area contributed by atoms with E-state index in [1.54, 1.807) is 34.6 Å². The van der Waals surface area contributed by atoms with Crippen LogP contribution in [-0.4, -0.2) is 52.6 Å². The summed E-state index contributed by atoms with van der Waals surface area (Å²) in [5, 5.41) is -0.689. The molecule has 1 amide bonds. The maximum Gasteiger partial charge on any atom is 0.355 e. The number of hydrogen-bond donors (Lipinski definition) is 1. The van der Waals surface area contributed by atoms with Crippen molar-refractivity contribution in [3.63, 3.8) is 0 Å². The number of aromatic nitrogens is 1. The van der Waals surface area contributed by atoms with Crippen molar-refractivity contribution in [3.05, 3.63) is 22.5 Å². The lowest BCUT2D eigenvalue weighted by Crippen LogP contribution is -2.39. The van der Waals surface area contributed by atoms with Gasteiger partial charge in [-0.05, 0) is 40.2 Å². The number of nitrogens with one attached hydrogen (secondary N) is 1. The number of alkyl halides is 1. The van der Waals surface area contributed by atoms with Crippen LogP contribution in [0, 0.1) is 13.8 Å². The quantitative estimate of drug-likeness (QED) is 0.469. The normalized spacial score (nSPS) is 11.9. The Morgan fingerprint density at radius 3 is 2.35 bits per heavy atom. The predicted octanol–water partition coefficient (Wildman–Crippen LogP) is 2.47. The van der Waals surface area contributed by atoms with Gasteiger partial charge < -0.3 is 14.6 Å². The fraction of sp³-hybridized carbons (Fsp3) is 0.562. The fourth-order valence-electron chi connectivity index (χ4n) is 2.43. The van der Waals surface area contributed by atoms with Crippen LogP contribution in [0.4, 0.5) is 0 Å². The number of amides is 1. The van der Waals surface area contributed by atoms with Crippen LogP contribution in [-0.2, 0) is 9.53 Å². The average molecular weight is 343 g/mol. The number of halogens is 1. The summed E-state index contributed by atoms with van der Waals surface area (Å²) in [6.07, 6.45) is 0. The number of ether oxygens (including phenoxy) is 1. The van der Waals surface area contributed by atoms with E-state index in [0.717, 1.165) is 0 Å². The van der Waals surface area contributed by atoms with Gasteiger partial charge in [0.1, 0.15) is 11.1 Å². The minimum atomic E-state index is -0.689. The summed E-state index contributed by atoms with van der Waals surface area (Å²) in [7, 11) is 0. The van der Waals surface area contributed by atoms with E-state index in [1.807, 2.05) is 0 Å². The van der Waals surface area contributed by atoms with Gasteiger partial charge in [-0.15, -0.1) is 11.6 Å². The summed E-state index contributed by atoms with van der Waals surface area (Å²) in [6.45, 7) is 9.03. The topological polar surface area (TPSA) is 79.5 Å². The Labute approximate surface area is 141 Å². The van der Waals surface area contributed by atoms with E-state index < -0.39 is 11.3 Å². The number of aryl methyl sites for hydroxylation is 1. The third-order valence-corrected chi connectivity index (χ3v) is 3.75. The van der Waals surface area contributed by atoms with Crippen LogP contribution < -0.4 is 0 Å². The minimum Gasteiger partial charge on any atom is -0.461 e.